The molecule has 0 saturated carbocycles. The van der Waals surface area contributed by atoms with E-state index in [-0.39, 0.29) is 0 Å². The molecule has 0 radical (unpaired) electrons. The van der Waals surface area contributed by atoms with Crippen LogP contribution in [0.5, 0.6) is 5.75 Å². The summed E-state index contributed by atoms with van der Waals surface area (Å²) in [5.41, 5.74) is -1.89. The SMILES string of the molecule is C=CC(O)(C(Oc1ccc(Cl)cc1)n1cncn1)C(C)(C)C. The van der Waals surface area contributed by atoms with Crippen LogP contribution >= 0.6 is 11.6 Å². The summed E-state index contributed by atoms with van der Waals surface area (Å²) in [6.07, 6.45) is 3.56. The maximum absolute atomic E-state index is 11.1. The van der Waals surface area contributed by atoms with Crippen LogP contribution in [0.2, 0.25) is 5.02 Å². The van der Waals surface area contributed by atoms with E-state index < -0.39 is 17.2 Å². The lowest BCUT2D eigenvalue weighted by Gasteiger charge is -2.42. The lowest BCUT2D eigenvalue weighted by atomic mass is 9.75. The zero-order valence-electron chi connectivity index (χ0n) is 12.9. The number of benzene rings is 1. The second kappa shape index (κ2) is 6.10. The number of halogens is 1. The predicted molar refractivity (Wildman–Crippen MR) is 85.7 cm³/mol. The van der Waals surface area contributed by atoms with Gasteiger partial charge in [0.15, 0.2) is 0 Å². The Hall–Kier alpha value is -1.85. The first-order valence-corrected chi connectivity index (χ1v) is 7.28. The largest absolute Gasteiger partial charge is 0.465 e. The van der Waals surface area contributed by atoms with Crippen molar-refractivity contribution in [3.8, 4) is 5.75 Å². The molecule has 0 spiro atoms. The topological polar surface area (TPSA) is 60.2 Å². The van der Waals surface area contributed by atoms with Crippen molar-refractivity contribution in [3.63, 3.8) is 0 Å². The standard InChI is InChI=1S/C16H20ClN3O2/c1-5-16(21,15(2,3)4)14(20-11-18-10-19-20)22-13-8-6-12(17)7-9-13/h5-11,14,21H,1H2,2-4H3. The van der Waals surface area contributed by atoms with Crippen molar-refractivity contribution in [1.82, 2.24) is 14.8 Å². The number of hydrogen-bond donors (Lipinski definition) is 1. The highest BCUT2D eigenvalue weighted by Gasteiger charge is 2.47. The van der Waals surface area contributed by atoms with E-state index in [0.29, 0.717) is 10.8 Å². The summed E-state index contributed by atoms with van der Waals surface area (Å²) < 4.78 is 7.45. The highest BCUT2D eigenvalue weighted by molar-refractivity contribution is 6.30. The van der Waals surface area contributed by atoms with Gasteiger partial charge in [-0.05, 0) is 29.7 Å². The van der Waals surface area contributed by atoms with Crippen LogP contribution in [0.1, 0.15) is 27.0 Å². The van der Waals surface area contributed by atoms with E-state index in [4.69, 9.17) is 16.3 Å². The molecule has 0 aliphatic carbocycles. The van der Waals surface area contributed by atoms with Gasteiger partial charge in [-0.3, -0.25) is 0 Å². The van der Waals surface area contributed by atoms with Gasteiger partial charge >= 0.3 is 0 Å². The lowest BCUT2D eigenvalue weighted by Crippen LogP contribution is -2.50. The summed E-state index contributed by atoms with van der Waals surface area (Å²) in [7, 11) is 0. The molecule has 0 aliphatic rings. The van der Waals surface area contributed by atoms with Crippen LogP contribution in [-0.4, -0.2) is 25.5 Å². The van der Waals surface area contributed by atoms with Crippen molar-refractivity contribution in [1.29, 1.82) is 0 Å². The van der Waals surface area contributed by atoms with E-state index >= 15 is 0 Å². The van der Waals surface area contributed by atoms with Gasteiger partial charge in [0.1, 0.15) is 24.0 Å². The zero-order chi connectivity index (χ0) is 16.4. The first-order chi connectivity index (χ1) is 10.3. The molecular formula is C16H20ClN3O2. The highest BCUT2D eigenvalue weighted by Crippen LogP contribution is 2.41. The number of ether oxygens (including phenoxy) is 1. The van der Waals surface area contributed by atoms with E-state index in [9.17, 15) is 5.11 Å². The molecule has 0 saturated heterocycles. The van der Waals surface area contributed by atoms with Crippen LogP contribution in [0.15, 0.2) is 49.6 Å². The molecule has 1 aromatic carbocycles. The molecule has 2 aromatic rings. The van der Waals surface area contributed by atoms with E-state index in [1.165, 1.54) is 23.4 Å². The predicted octanol–water partition coefficient (Wildman–Crippen LogP) is 3.47. The Morgan fingerprint density at radius 2 is 1.95 bits per heavy atom. The molecule has 0 aliphatic heterocycles. The Labute approximate surface area is 135 Å². The van der Waals surface area contributed by atoms with Gasteiger partial charge in [-0.1, -0.05) is 38.4 Å². The third-order valence-electron chi connectivity index (χ3n) is 3.63. The van der Waals surface area contributed by atoms with Crippen molar-refractivity contribution in [2.45, 2.75) is 32.6 Å². The summed E-state index contributed by atoms with van der Waals surface area (Å²) >= 11 is 5.89. The van der Waals surface area contributed by atoms with E-state index in [1.54, 1.807) is 24.3 Å². The summed E-state index contributed by atoms with van der Waals surface area (Å²) in [5.74, 6) is 0.564. The van der Waals surface area contributed by atoms with Crippen LogP contribution < -0.4 is 4.74 Å². The average molecular weight is 322 g/mol. The van der Waals surface area contributed by atoms with Gasteiger partial charge in [-0.25, -0.2) is 9.67 Å². The number of aromatic nitrogens is 3. The second-order valence-electron chi connectivity index (χ2n) is 6.08. The summed E-state index contributed by atoms with van der Waals surface area (Å²) in [5, 5.41) is 15.9. The molecule has 0 amide bonds. The Balaban J connectivity index is 2.43. The Kier molecular flexibility index (Phi) is 4.58. The van der Waals surface area contributed by atoms with Crippen LogP contribution in [0.4, 0.5) is 0 Å². The first kappa shape index (κ1) is 16.5. The van der Waals surface area contributed by atoms with Crippen LogP contribution in [0, 0.1) is 5.41 Å². The number of nitrogens with zero attached hydrogens (tertiary/aromatic N) is 3. The Bertz CT molecular complexity index is 620. The third-order valence-corrected chi connectivity index (χ3v) is 3.88. The summed E-state index contributed by atoms with van der Waals surface area (Å²) in [6.45, 7) is 9.49. The molecule has 2 rings (SSSR count). The first-order valence-electron chi connectivity index (χ1n) is 6.90. The minimum atomic E-state index is -1.36. The normalized spacial score (nSPS) is 15.9. The van der Waals surface area contributed by atoms with Gasteiger partial charge in [0, 0.05) is 5.02 Å². The van der Waals surface area contributed by atoms with Crippen molar-refractivity contribution >= 4 is 11.6 Å². The van der Waals surface area contributed by atoms with Crippen molar-refractivity contribution in [2.24, 2.45) is 5.41 Å². The fraction of sp³-hybridized carbons (Fsp3) is 0.375. The molecule has 1 aromatic heterocycles. The van der Waals surface area contributed by atoms with Crippen LogP contribution in [0.25, 0.3) is 0 Å². The minimum Gasteiger partial charge on any atom is -0.465 e. The average Bonchev–Trinajstić information content (AvgIpc) is 2.98. The summed E-state index contributed by atoms with van der Waals surface area (Å²) in [6, 6.07) is 6.91. The van der Waals surface area contributed by atoms with Gasteiger partial charge in [0.05, 0.1) is 0 Å². The molecule has 2 atom stereocenters. The summed E-state index contributed by atoms with van der Waals surface area (Å²) in [4.78, 5) is 3.93. The third kappa shape index (κ3) is 3.15. The molecule has 118 valence electrons. The molecule has 1 heterocycles. The monoisotopic (exact) mass is 321 g/mol. The van der Waals surface area contributed by atoms with Crippen LogP contribution in [-0.2, 0) is 0 Å². The second-order valence-corrected chi connectivity index (χ2v) is 6.52. The van der Waals surface area contributed by atoms with Gasteiger partial charge in [-0.2, -0.15) is 5.10 Å². The van der Waals surface area contributed by atoms with E-state index in [0.717, 1.165) is 0 Å². The van der Waals surface area contributed by atoms with Gasteiger partial charge in [0.2, 0.25) is 6.23 Å². The smallest absolute Gasteiger partial charge is 0.225 e. The highest BCUT2D eigenvalue weighted by atomic mass is 35.5. The maximum atomic E-state index is 11.1. The Morgan fingerprint density at radius 3 is 2.41 bits per heavy atom. The molecule has 5 nitrogen and oxygen atoms in total. The Morgan fingerprint density at radius 1 is 1.32 bits per heavy atom. The zero-order valence-corrected chi connectivity index (χ0v) is 13.7. The molecule has 2 unspecified atom stereocenters. The number of aliphatic hydroxyl groups is 1. The fourth-order valence-electron chi connectivity index (χ4n) is 2.10. The molecule has 6 heteroatoms. The quantitative estimate of drug-likeness (QED) is 0.857. The van der Waals surface area contributed by atoms with Crippen molar-refractivity contribution in [3.05, 3.63) is 54.6 Å². The van der Waals surface area contributed by atoms with Gasteiger partial charge in [-0.15, -0.1) is 6.58 Å². The minimum absolute atomic E-state index is 0.530. The van der Waals surface area contributed by atoms with Gasteiger partial charge in [0.25, 0.3) is 0 Å². The maximum Gasteiger partial charge on any atom is 0.225 e. The number of rotatable bonds is 5. The fourth-order valence-corrected chi connectivity index (χ4v) is 2.23. The lowest BCUT2D eigenvalue weighted by molar-refractivity contribution is -0.132. The molecule has 22 heavy (non-hydrogen) atoms. The number of hydrogen-bond acceptors (Lipinski definition) is 4. The van der Waals surface area contributed by atoms with Gasteiger partial charge < -0.3 is 9.84 Å². The van der Waals surface area contributed by atoms with Crippen molar-refractivity contribution in [2.75, 3.05) is 0 Å². The molecule has 0 bridgehead atoms. The van der Waals surface area contributed by atoms with Crippen LogP contribution in [0.3, 0.4) is 0 Å². The van der Waals surface area contributed by atoms with E-state index in [1.807, 2.05) is 20.8 Å². The molecule has 1 N–H and O–H groups in total. The molecule has 0 fully saturated rings. The molecular weight excluding hydrogens is 302 g/mol. The van der Waals surface area contributed by atoms with E-state index in [2.05, 4.69) is 16.7 Å². The van der Waals surface area contributed by atoms with Crippen molar-refractivity contribution < 1.29 is 9.84 Å².